The number of aromatic hydroxyl groups is 1. The maximum absolute atomic E-state index is 12.8. The number of benzene rings is 2. The lowest BCUT2D eigenvalue weighted by Crippen LogP contribution is -2.31. The van der Waals surface area contributed by atoms with E-state index < -0.39 is 10.0 Å². The van der Waals surface area contributed by atoms with Crippen molar-refractivity contribution in [3.05, 3.63) is 66.7 Å². The highest BCUT2D eigenvalue weighted by Gasteiger charge is 2.25. The number of hydrogen-bond donors (Lipinski definition) is 1. The largest absolute Gasteiger partial charge is 0.506 e. The summed E-state index contributed by atoms with van der Waals surface area (Å²) in [4.78, 5) is 0.179. The molecule has 0 amide bonds. The van der Waals surface area contributed by atoms with Crippen LogP contribution in [0.15, 0.2) is 66.1 Å². The smallest absolute Gasteiger partial charge is 0.264 e. The van der Waals surface area contributed by atoms with Gasteiger partial charge in [0.15, 0.2) is 0 Å². The monoisotopic (exact) mass is 303 g/mol. The number of sulfonamides is 1. The summed E-state index contributed by atoms with van der Waals surface area (Å²) in [6.45, 7) is 5.56. The molecule has 0 spiro atoms. The normalized spacial score (nSPS) is 11.1. The molecule has 0 saturated heterocycles. The van der Waals surface area contributed by atoms with Crippen LogP contribution in [0, 0.1) is 6.92 Å². The van der Waals surface area contributed by atoms with Crippen LogP contribution in [0.1, 0.15) is 5.56 Å². The molecule has 0 atom stereocenters. The molecule has 0 fully saturated rings. The van der Waals surface area contributed by atoms with E-state index >= 15 is 0 Å². The van der Waals surface area contributed by atoms with Crippen LogP contribution in [0.4, 0.5) is 5.69 Å². The summed E-state index contributed by atoms with van der Waals surface area (Å²) in [5.41, 5.74) is 1.21. The molecule has 0 unspecified atom stereocenters. The number of anilines is 1. The SMILES string of the molecule is C=CCN(c1ccccc1O)S(=O)(=O)c1ccc(C)cc1. The maximum atomic E-state index is 12.8. The van der Waals surface area contributed by atoms with Gasteiger partial charge in [-0.3, -0.25) is 4.31 Å². The third-order valence-electron chi connectivity index (χ3n) is 3.05. The first kappa shape index (κ1) is 15.1. The van der Waals surface area contributed by atoms with Crippen molar-refractivity contribution in [2.24, 2.45) is 0 Å². The van der Waals surface area contributed by atoms with Crippen molar-refractivity contribution >= 4 is 15.7 Å². The van der Waals surface area contributed by atoms with E-state index in [0.29, 0.717) is 0 Å². The fourth-order valence-corrected chi connectivity index (χ4v) is 3.41. The minimum atomic E-state index is -3.75. The second-order valence-electron chi connectivity index (χ2n) is 4.63. The van der Waals surface area contributed by atoms with Gasteiger partial charge in [0.25, 0.3) is 10.0 Å². The van der Waals surface area contributed by atoms with Crippen molar-refractivity contribution in [3.63, 3.8) is 0 Å². The molecule has 4 nitrogen and oxygen atoms in total. The topological polar surface area (TPSA) is 57.6 Å². The van der Waals surface area contributed by atoms with Gasteiger partial charge in [-0.2, -0.15) is 0 Å². The molecule has 1 N–H and O–H groups in total. The Balaban J connectivity index is 2.54. The summed E-state index contributed by atoms with van der Waals surface area (Å²) in [7, 11) is -3.75. The van der Waals surface area contributed by atoms with Gasteiger partial charge in [0.05, 0.1) is 17.1 Å². The molecule has 21 heavy (non-hydrogen) atoms. The predicted molar refractivity (Wildman–Crippen MR) is 84.0 cm³/mol. The van der Waals surface area contributed by atoms with E-state index in [1.54, 1.807) is 42.5 Å². The number of hydrogen-bond acceptors (Lipinski definition) is 3. The molecule has 5 heteroatoms. The maximum Gasteiger partial charge on any atom is 0.264 e. The second-order valence-corrected chi connectivity index (χ2v) is 6.49. The van der Waals surface area contributed by atoms with Crippen molar-refractivity contribution < 1.29 is 13.5 Å². The Morgan fingerprint density at radius 1 is 1.14 bits per heavy atom. The van der Waals surface area contributed by atoms with Crippen LogP contribution in [0.5, 0.6) is 5.75 Å². The fourth-order valence-electron chi connectivity index (χ4n) is 1.96. The zero-order valence-corrected chi connectivity index (χ0v) is 12.5. The zero-order chi connectivity index (χ0) is 15.5. The van der Waals surface area contributed by atoms with Gasteiger partial charge in [0, 0.05) is 0 Å². The highest BCUT2D eigenvalue weighted by atomic mass is 32.2. The first-order valence-electron chi connectivity index (χ1n) is 6.45. The van der Waals surface area contributed by atoms with E-state index in [0.717, 1.165) is 9.87 Å². The van der Waals surface area contributed by atoms with Gasteiger partial charge >= 0.3 is 0 Å². The number of para-hydroxylation sites is 2. The molecular weight excluding hydrogens is 286 g/mol. The van der Waals surface area contributed by atoms with Gasteiger partial charge in [-0.1, -0.05) is 35.9 Å². The molecule has 0 heterocycles. The minimum Gasteiger partial charge on any atom is -0.506 e. The van der Waals surface area contributed by atoms with E-state index in [-0.39, 0.29) is 22.9 Å². The molecule has 110 valence electrons. The quantitative estimate of drug-likeness (QED) is 0.864. The Morgan fingerprint density at radius 3 is 2.33 bits per heavy atom. The van der Waals surface area contributed by atoms with Crippen LogP contribution < -0.4 is 4.31 Å². The molecule has 0 aliphatic heterocycles. The summed E-state index contributed by atoms with van der Waals surface area (Å²) in [6, 6.07) is 12.9. The third-order valence-corrected chi connectivity index (χ3v) is 4.85. The minimum absolute atomic E-state index is 0.0772. The van der Waals surface area contributed by atoms with Crippen LogP contribution in [0.25, 0.3) is 0 Å². The molecule has 0 saturated carbocycles. The molecule has 0 aliphatic rings. The third kappa shape index (κ3) is 3.08. The molecule has 2 aromatic rings. The predicted octanol–water partition coefficient (Wildman–Crippen LogP) is 3.08. The van der Waals surface area contributed by atoms with Gasteiger partial charge in [-0.15, -0.1) is 6.58 Å². The number of rotatable bonds is 5. The van der Waals surface area contributed by atoms with Crippen molar-refractivity contribution in [3.8, 4) is 5.75 Å². The molecule has 0 aromatic heterocycles. The van der Waals surface area contributed by atoms with Crippen LogP contribution in [-0.2, 0) is 10.0 Å². The van der Waals surface area contributed by atoms with Crippen molar-refractivity contribution in [2.75, 3.05) is 10.8 Å². The first-order chi connectivity index (χ1) is 9.96. The standard InChI is InChI=1S/C16H17NO3S/c1-3-12-17(15-6-4-5-7-16(15)18)21(19,20)14-10-8-13(2)9-11-14/h3-11,18H,1,12H2,2H3. The van der Waals surface area contributed by atoms with E-state index in [2.05, 4.69) is 6.58 Å². The van der Waals surface area contributed by atoms with Gasteiger partial charge in [-0.05, 0) is 31.2 Å². The highest BCUT2D eigenvalue weighted by Crippen LogP contribution is 2.31. The molecule has 0 aliphatic carbocycles. The Hall–Kier alpha value is -2.27. The zero-order valence-electron chi connectivity index (χ0n) is 11.7. The van der Waals surface area contributed by atoms with E-state index in [4.69, 9.17) is 0 Å². The molecule has 0 radical (unpaired) electrons. The molecular formula is C16H17NO3S. The Labute approximate surface area is 125 Å². The molecule has 2 aromatic carbocycles. The first-order valence-corrected chi connectivity index (χ1v) is 7.89. The van der Waals surface area contributed by atoms with Gasteiger partial charge in [0.2, 0.25) is 0 Å². The Bertz CT molecular complexity index is 736. The van der Waals surface area contributed by atoms with Gasteiger partial charge in [-0.25, -0.2) is 8.42 Å². The summed E-state index contributed by atoms with van der Waals surface area (Å²) in [6.07, 6.45) is 1.48. The summed E-state index contributed by atoms with van der Waals surface area (Å²) in [5, 5.41) is 9.92. The van der Waals surface area contributed by atoms with Crippen LogP contribution in [0.3, 0.4) is 0 Å². The summed E-state index contributed by atoms with van der Waals surface area (Å²) >= 11 is 0. The lowest BCUT2D eigenvalue weighted by atomic mass is 10.2. The van der Waals surface area contributed by atoms with Crippen molar-refractivity contribution in [1.82, 2.24) is 0 Å². The van der Waals surface area contributed by atoms with Gasteiger partial charge < -0.3 is 5.11 Å². The van der Waals surface area contributed by atoms with E-state index in [1.807, 2.05) is 6.92 Å². The summed E-state index contributed by atoms with van der Waals surface area (Å²) in [5.74, 6) is -0.0879. The average Bonchev–Trinajstić information content (AvgIpc) is 2.46. The summed E-state index contributed by atoms with van der Waals surface area (Å²) < 4.78 is 26.6. The van der Waals surface area contributed by atoms with Crippen molar-refractivity contribution in [1.29, 1.82) is 0 Å². The fraction of sp³-hybridized carbons (Fsp3) is 0.125. The van der Waals surface area contributed by atoms with Crippen molar-refractivity contribution in [2.45, 2.75) is 11.8 Å². The average molecular weight is 303 g/mol. The van der Waals surface area contributed by atoms with Crippen LogP contribution >= 0.6 is 0 Å². The highest BCUT2D eigenvalue weighted by molar-refractivity contribution is 7.92. The van der Waals surface area contributed by atoms with Crippen LogP contribution in [-0.4, -0.2) is 20.1 Å². The lowest BCUT2D eigenvalue weighted by Gasteiger charge is -2.23. The van der Waals surface area contributed by atoms with Gasteiger partial charge in [0.1, 0.15) is 5.75 Å². The number of phenols is 1. The van der Waals surface area contributed by atoms with E-state index in [9.17, 15) is 13.5 Å². The Morgan fingerprint density at radius 2 is 1.76 bits per heavy atom. The number of nitrogens with zero attached hydrogens (tertiary/aromatic N) is 1. The number of aryl methyl sites for hydroxylation is 1. The molecule has 2 rings (SSSR count). The number of phenolic OH excluding ortho intramolecular Hbond substituents is 1. The van der Waals surface area contributed by atoms with E-state index in [1.165, 1.54) is 12.1 Å². The van der Waals surface area contributed by atoms with Crippen LogP contribution in [0.2, 0.25) is 0 Å². The second kappa shape index (κ2) is 6.01. The Kier molecular flexibility index (Phi) is 4.33. The lowest BCUT2D eigenvalue weighted by molar-refractivity contribution is 0.475. The molecule has 0 bridgehead atoms.